The van der Waals surface area contributed by atoms with Crippen LogP contribution in [0, 0.1) is 5.92 Å². The molecule has 4 nitrogen and oxygen atoms in total. The number of rotatable bonds is 3. The highest BCUT2D eigenvalue weighted by Crippen LogP contribution is 2.31. The molecule has 4 heteroatoms. The fourth-order valence-electron chi connectivity index (χ4n) is 2.82. The predicted octanol–water partition coefficient (Wildman–Crippen LogP) is 2.58. The average molecular weight is 295 g/mol. The second-order valence-electron chi connectivity index (χ2n) is 5.29. The minimum absolute atomic E-state index is 0.0876. The van der Waals surface area contributed by atoms with Gasteiger partial charge in [0.05, 0.1) is 13.0 Å². The summed E-state index contributed by atoms with van der Waals surface area (Å²) in [5, 5.41) is 0. The van der Waals surface area contributed by atoms with Gasteiger partial charge in [-0.15, -0.1) is 0 Å². The summed E-state index contributed by atoms with van der Waals surface area (Å²) >= 11 is 0. The second-order valence-corrected chi connectivity index (χ2v) is 5.29. The molecule has 0 radical (unpaired) electrons. The number of allylic oxidation sites excluding steroid dienone is 4. The number of hydrogen-bond acceptors (Lipinski definition) is 3. The van der Waals surface area contributed by atoms with Crippen molar-refractivity contribution in [3.8, 4) is 5.75 Å². The lowest BCUT2D eigenvalue weighted by Crippen LogP contribution is -2.27. The molecule has 1 unspecified atom stereocenters. The third-order valence-electron chi connectivity index (χ3n) is 3.96. The van der Waals surface area contributed by atoms with Crippen LogP contribution in [0.5, 0.6) is 5.75 Å². The first-order valence-electron chi connectivity index (χ1n) is 7.25. The SMILES string of the molecule is COc1cccc(/C=C/C(=O)N2CCC3C(=O)C=CC=C32)c1. The van der Waals surface area contributed by atoms with Crippen LogP contribution in [0.15, 0.2) is 54.3 Å². The van der Waals surface area contributed by atoms with E-state index in [0.717, 1.165) is 17.0 Å². The lowest BCUT2D eigenvalue weighted by atomic mass is 9.96. The fourth-order valence-corrected chi connectivity index (χ4v) is 2.82. The Morgan fingerprint density at radius 2 is 2.27 bits per heavy atom. The summed E-state index contributed by atoms with van der Waals surface area (Å²) < 4.78 is 5.16. The van der Waals surface area contributed by atoms with Crippen molar-refractivity contribution in [1.29, 1.82) is 0 Å². The molecular weight excluding hydrogens is 278 g/mol. The standard InChI is InChI=1S/C18H17NO3/c1-22-14-5-2-4-13(12-14)8-9-18(21)19-11-10-15-16(19)6-3-7-17(15)20/h2-9,12,15H,10-11H2,1H3/b9-8+. The van der Waals surface area contributed by atoms with Gasteiger partial charge < -0.3 is 9.64 Å². The van der Waals surface area contributed by atoms with E-state index in [1.807, 2.05) is 30.3 Å². The average Bonchev–Trinajstić information content (AvgIpc) is 2.98. The summed E-state index contributed by atoms with van der Waals surface area (Å²) in [6.07, 6.45) is 9.16. The van der Waals surface area contributed by atoms with Gasteiger partial charge in [-0.3, -0.25) is 9.59 Å². The molecule has 1 fully saturated rings. The zero-order valence-electron chi connectivity index (χ0n) is 12.4. The number of amides is 1. The van der Waals surface area contributed by atoms with Gasteiger partial charge in [-0.1, -0.05) is 18.2 Å². The molecule has 1 aliphatic carbocycles. The maximum atomic E-state index is 12.4. The minimum atomic E-state index is -0.154. The molecule has 22 heavy (non-hydrogen) atoms. The normalized spacial score (nSPS) is 20.2. The molecule has 1 heterocycles. The van der Waals surface area contributed by atoms with E-state index in [-0.39, 0.29) is 17.6 Å². The molecule has 2 aliphatic rings. The number of benzene rings is 1. The van der Waals surface area contributed by atoms with Crippen molar-refractivity contribution >= 4 is 17.8 Å². The molecule has 0 saturated carbocycles. The monoisotopic (exact) mass is 295 g/mol. The Hall–Kier alpha value is -2.62. The third-order valence-corrected chi connectivity index (χ3v) is 3.96. The Labute approximate surface area is 129 Å². The molecule has 0 aromatic heterocycles. The first-order valence-corrected chi connectivity index (χ1v) is 7.25. The third kappa shape index (κ3) is 2.72. The second kappa shape index (κ2) is 6.02. The largest absolute Gasteiger partial charge is 0.497 e. The smallest absolute Gasteiger partial charge is 0.250 e. The number of fused-ring (bicyclic) bond motifs is 1. The number of carbonyl (C=O) groups excluding carboxylic acids is 2. The highest BCUT2D eigenvalue weighted by atomic mass is 16.5. The number of ether oxygens (including phenoxy) is 1. The van der Waals surface area contributed by atoms with Crippen molar-refractivity contribution in [2.45, 2.75) is 6.42 Å². The summed E-state index contributed by atoms with van der Waals surface area (Å²) in [5.41, 5.74) is 1.71. The van der Waals surface area contributed by atoms with Crippen molar-refractivity contribution in [3.63, 3.8) is 0 Å². The molecular formula is C18H17NO3. The maximum absolute atomic E-state index is 12.4. The Bertz CT molecular complexity index is 700. The van der Waals surface area contributed by atoms with Crippen LogP contribution >= 0.6 is 0 Å². The lowest BCUT2D eigenvalue weighted by Gasteiger charge is -2.19. The van der Waals surface area contributed by atoms with Crippen LogP contribution in [-0.4, -0.2) is 30.2 Å². The minimum Gasteiger partial charge on any atom is -0.497 e. The first-order chi connectivity index (χ1) is 10.7. The topological polar surface area (TPSA) is 46.6 Å². The summed E-state index contributed by atoms with van der Waals surface area (Å²) in [7, 11) is 1.61. The molecule has 112 valence electrons. The van der Waals surface area contributed by atoms with Crippen molar-refractivity contribution < 1.29 is 14.3 Å². The van der Waals surface area contributed by atoms with Crippen LogP contribution in [0.2, 0.25) is 0 Å². The van der Waals surface area contributed by atoms with Gasteiger partial charge in [0.1, 0.15) is 5.75 Å². The van der Waals surface area contributed by atoms with Crippen LogP contribution in [0.3, 0.4) is 0 Å². The molecule has 3 rings (SSSR count). The number of methoxy groups -OCH3 is 1. The van der Waals surface area contributed by atoms with Crippen LogP contribution in [0.25, 0.3) is 6.08 Å². The zero-order valence-corrected chi connectivity index (χ0v) is 12.4. The molecule has 0 N–H and O–H groups in total. The lowest BCUT2D eigenvalue weighted by molar-refractivity contribution is -0.123. The van der Waals surface area contributed by atoms with Gasteiger partial charge >= 0.3 is 0 Å². The van der Waals surface area contributed by atoms with E-state index in [1.54, 1.807) is 36.3 Å². The van der Waals surface area contributed by atoms with Gasteiger partial charge in [-0.25, -0.2) is 0 Å². The Balaban J connectivity index is 1.74. The fraction of sp³-hybridized carbons (Fsp3) is 0.222. The van der Waals surface area contributed by atoms with Crippen LogP contribution in [0.4, 0.5) is 0 Å². The van der Waals surface area contributed by atoms with Gasteiger partial charge in [0.15, 0.2) is 5.78 Å². The maximum Gasteiger partial charge on any atom is 0.250 e. The molecule has 1 aromatic rings. The summed E-state index contributed by atoms with van der Waals surface area (Å²) in [5.74, 6) is 0.588. The molecule has 0 spiro atoms. The van der Waals surface area contributed by atoms with Gasteiger partial charge in [0, 0.05) is 18.3 Å². The summed E-state index contributed by atoms with van der Waals surface area (Å²) in [6.45, 7) is 0.588. The van der Waals surface area contributed by atoms with Crippen LogP contribution in [0.1, 0.15) is 12.0 Å². The number of hydrogen-bond donors (Lipinski definition) is 0. The van der Waals surface area contributed by atoms with E-state index in [4.69, 9.17) is 4.74 Å². The Kier molecular flexibility index (Phi) is 3.92. The molecule has 1 amide bonds. The van der Waals surface area contributed by atoms with E-state index in [0.29, 0.717) is 13.0 Å². The molecule has 1 aliphatic heterocycles. The quantitative estimate of drug-likeness (QED) is 0.805. The molecule has 1 saturated heterocycles. The van der Waals surface area contributed by atoms with Gasteiger partial charge in [0.25, 0.3) is 5.91 Å². The Morgan fingerprint density at radius 1 is 1.41 bits per heavy atom. The highest BCUT2D eigenvalue weighted by Gasteiger charge is 2.35. The number of likely N-dealkylation sites (tertiary alicyclic amines) is 1. The molecule has 0 bridgehead atoms. The van der Waals surface area contributed by atoms with E-state index >= 15 is 0 Å². The summed E-state index contributed by atoms with van der Waals surface area (Å²) in [4.78, 5) is 25.8. The number of carbonyl (C=O) groups is 2. The highest BCUT2D eigenvalue weighted by molar-refractivity contribution is 5.99. The van der Waals surface area contributed by atoms with Gasteiger partial charge in [0.2, 0.25) is 0 Å². The van der Waals surface area contributed by atoms with Gasteiger partial charge in [-0.05, 0) is 42.3 Å². The molecule has 1 aromatic carbocycles. The Morgan fingerprint density at radius 3 is 3.09 bits per heavy atom. The van der Waals surface area contributed by atoms with E-state index < -0.39 is 0 Å². The zero-order chi connectivity index (χ0) is 15.5. The number of nitrogens with zero attached hydrogens (tertiary/aromatic N) is 1. The van der Waals surface area contributed by atoms with Crippen molar-refractivity contribution in [2.24, 2.45) is 5.92 Å². The van der Waals surface area contributed by atoms with Gasteiger partial charge in [-0.2, -0.15) is 0 Å². The van der Waals surface area contributed by atoms with Crippen molar-refractivity contribution in [1.82, 2.24) is 4.90 Å². The predicted molar refractivity (Wildman–Crippen MR) is 84.1 cm³/mol. The van der Waals surface area contributed by atoms with Crippen LogP contribution in [-0.2, 0) is 9.59 Å². The van der Waals surface area contributed by atoms with E-state index in [9.17, 15) is 9.59 Å². The molecule has 1 atom stereocenters. The summed E-state index contributed by atoms with van der Waals surface area (Å²) in [6, 6.07) is 7.50. The van der Waals surface area contributed by atoms with Crippen LogP contribution < -0.4 is 4.74 Å². The van der Waals surface area contributed by atoms with Crippen molar-refractivity contribution in [2.75, 3.05) is 13.7 Å². The van der Waals surface area contributed by atoms with E-state index in [2.05, 4.69) is 0 Å². The number of ketones is 1. The van der Waals surface area contributed by atoms with E-state index in [1.165, 1.54) is 0 Å². The van der Waals surface area contributed by atoms with Crippen molar-refractivity contribution in [3.05, 3.63) is 59.8 Å². The first kappa shape index (κ1) is 14.3.